The van der Waals surface area contributed by atoms with Crippen molar-refractivity contribution >= 4 is 15.6 Å². The van der Waals surface area contributed by atoms with Gasteiger partial charge in [-0.05, 0) is 35.7 Å². The fraction of sp³-hybridized carbons (Fsp3) is 0.188. The lowest BCUT2D eigenvalue weighted by Crippen LogP contribution is -2.28. The number of benzene rings is 2. The van der Waals surface area contributed by atoms with Crippen molar-refractivity contribution in [2.45, 2.75) is 17.4 Å². The average Bonchev–Trinajstić information content (AvgIpc) is 2.77. The van der Waals surface area contributed by atoms with E-state index in [1.807, 2.05) is 6.07 Å². The van der Waals surface area contributed by atoms with Gasteiger partial charge in [-0.15, -0.1) is 0 Å². The lowest BCUT2D eigenvalue weighted by atomic mass is 10.1. The van der Waals surface area contributed by atoms with Crippen LogP contribution in [0.3, 0.4) is 0 Å². The van der Waals surface area contributed by atoms with E-state index in [1.165, 1.54) is 18.2 Å². The molecule has 1 aliphatic rings. The minimum absolute atomic E-state index is 0.0441. The van der Waals surface area contributed by atoms with Gasteiger partial charge in [0.25, 0.3) is 0 Å². The number of hydrogen-bond donors (Lipinski definition) is 1. The molecule has 5 heteroatoms. The Morgan fingerprint density at radius 1 is 1.10 bits per heavy atom. The largest absolute Gasteiger partial charge is 0.508 e. The molecule has 108 valence electrons. The molecule has 0 radical (unpaired) electrons. The van der Waals surface area contributed by atoms with Gasteiger partial charge in [0, 0.05) is 5.56 Å². The summed E-state index contributed by atoms with van der Waals surface area (Å²) in [5.41, 5.74) is 1.67. The van der Waals surface area contributed by atoms with Crippen LogP contribution in [0.2, 0.25) is 0 Å². The fourth-order valence-electron chi connectivity index (χ4n) is 2.65. The molecule has 1 unspecified atom stereocenters. The Labute approximate surface area is 123 Å². The normalized spacial score (nSPS) is 17.7. The number of rotatable bonds is 3. The second kappa shape index (κ2) is 5.00. The lowest BCUT2D eigenvalue weighted by molar-refractivity contribution is 0.0998. The molecule has 0 aromatic heterocycles. The first-order valence-corrected chi connectivity index (χ1v) is 8.30. The van der Waals surface area contributed by atoms with Gasteiger partial charge in [-0.2, -0.15) is 0 Å². The number of phenolic OH excluding ortho intramolecular Hbond substituents is 1. The Balaban J connectivity index is 1.90. The number of phenols is 1. The van der Waals surface area contributed by atoms with E-state index in [9.17, 15) is 18.3 Å². The highest BCUT2D eigenvalue weighted by Crippen LogP contribution is 2.30. The molecule has 0 fully saturated rings. The van der Waals surface area contributed by atoms with Gasteiger partial charge >= 0.3 is 0 Å². The summed E-state index contributed by atoms with van der Waals surface area (Å²) in [5.74, 6) is -0.479. The minimum Gasteiger partial charge on any atom is -0.508 e. The summed E-state index contributed by atoms with van der Waals surface area (Å²) in [6.45, 7) is 0. The average molecular weight is 302 g/mol. The van der Waals surface area contributed by atoms with Gasteiger partial charge in [0.1, 0.15) is 11.0 Å². The molecule has 2 aromatic carbocycles. The monoisotopic (exact) mass is 302 g/mol. The molecule has 3 rings (SSSR count). The van der Waals surface area contributed by atoms with Crippen LogP contribution in [0.4, 0.5) is 0 Å². The van der Waals surface area contributed by atoms with Gasteiger partial charge in [-0.1, -0.05) is 30.3 Å². The Morgan fingerprint density at radius 3 is 2.52 bits per heavy atom. The third-order valence-electron chi connectivity index (χ3n) is 3.70. The predicted molar refractivity (Wildman–Crippen MR) is 79.0 cm³/mol. The molecule has 4 nitrogen and oxygen atoms in total. The van der Waals surface area contributed by atoms with Crippen LogP contribution in [-0.4, -0.2) is 24.6 Å². The summed E-state index contributed by atoms with van der Waals surface area (Å²) < 4.78 is 25.0. The van der Waals surface area contributed by atoms with Gasteiger partial charge < -0.3 is 5.11 Å². The molecule has 1 N–H and O–H groups in total. The summed E-state index contributed by atoms with van der Waals surface area (Å²) in [6.07, 6.45) is 0.137. The lowest BCUT2D eigenvalue weighted by Gasteiger charge is -2.10. The van der Waals surface area contributed by atoms with E-state index in [2.05, 4.69) is 0 Å². The van der Waals surface area contributed by atoms with Gasteiger partial charge in [0.2, 0.25) is 0 Å². The van der Waals surface area contributed by atoms with E-state index < -0.39 is 15.1 Å². The Hall–Kier alpha value is -2.14. The van der Waals surface area contributed by atoms with Crippen molar-refractivity contribution in [3.8, 4) is 5.75 Å². The van der Waals surface area contributed by atoms with Crippen LogP contribution >= 0.6 is 0 Å². The van der Waals surface area contributed by atoms with Crippen LogP contribution in [0, 0.1) is 0 Å². The summed E-state index contributed by atoms with van der Waals surface area (Å²) in [6, 6.07) is 13.2. The minimum atomic E-state index is -3.57. The third-order valence-corrected chi connectivity index (χ3v) is 5.68. The molecule has 21 heavy (non-hydrogen) atoms. The van der Waals surface area contributed by atoms with Gasteiger partial charge in [0.15, 0.2) is 15.6 Å². The number of fused-ring (bicyclic) bond motifs is 1. The number of hydrogen-bond acceptors (Lipinski definition) is 4. The molecule has 2 aromatic rings. The highest BCUT2D eigenvalue weighted by Gasteiger charge is 2.39. The highest BCUT2D eigenvalue weighted by molar-refractivity contribution is 7.92. The van der Waals surface area contributed by atoms with E-state index in [1.54, 1.807) is 24.3 Å². The second-order valence-corrected chi connectivity index (χ2v) is 7.37. The van der Waals surface area contributed by atoms with Gasteiger partial charge in [0.05, 0.1) is 5.75 Å². The maximum atomic E-state index is 12.5. The van der Waals surface area contributed by atoms with Crippen LogP contribution in [-0.2, 0) is 22.0 Å². The maximum absolute atomic E-state index is 12.5. The first-order chi connectivity index (χ1) is 9.97. The van der Waals surface area contributed by atoms with Crippen LogP contribution in [0.15, 0.2) is 48.5 Å². The van der Waals surface area contributed by atoms with Crippen molar-refractivity contribution < 1.29 is 18.3 Å². The molecule has 0 saturated heterocycles. The van der Waals surface area contributed by atoms with E-state index in [0.29, 0.717) is 16.7 Å². The van der Waals surface area contributed by atoms with Gasteiger partial charge in [-0.3, -0.25) is 4.79 Å². The first kappa shape index (κ1) is 13.8. The van der Waals surface area contributed by atoms with E-state index in [0.717, 1.165) is 0 Å². The summed E-state index contributed by atoms with van der Waals surface area (Å²) in [7, 11) is -3.57. The van der Waals surface area contributed by atoms with Crippen molar-refractivity contribution in [1.82, 2.24) is 0 Å². The van der Waals surface area contributed by atoms with Gasteiger partial charge in [-0.25, -0.2) is 8.42 Å². The first-order valence-electron chi connectivity index (χ1n) is 6.59. The van der Waals surface area contributed by atoms with Crippen LogP contribution in [0.1, 0.15) is 21.5 Å². The predicted octanol–water partition coefficient (Wildman–Crippen LogP) is 2.11. The molecule has 0 bridgehead atoms. The van der Waals surface area contributed by atoms with Crippen LogP contribution < -0.4 is 0 Å². The zero-order valence-corrected chi connectivity index (χ0v) is 12.0. The quantitative estimate of drug-likeness (QED) is 0.942. The summed E-state index contributed by atoms with van der Waals surface area (Å²) >= 11 is 0. The number of ketones is 1. The van der Waals surface area contributed by atoms with Crippen molar-refractivity contribution in [1.29, 1.82) is 0 Å². The standard InChI is InChI=1S/C16H14O4S/c17-13-6-7-14-12(8-13)9-15(16(14)18)21(19,20)10-11-4-2-1-3-5-11/h1-8,15,17H,9-10H2. The number of carbonyl (C=O) groups excluding carboxylic acids is 1. The van der Waals surface area contributed by atoms with Crippen molar-refractivity contribution in [2.24, 2.45) is 0 Å². The maximum Gasteiger partial charge on any atom is 0.181 e. The van der Waals surface area contributed by atoms with Crippen molar-refractivity contribution in [3.63, 3.8) is 0 Å². The smallest absolute Gasteiger partial charge is 0.181 e. The van der Waals surface area contributed by atoms with E-state index >= 15 is 0 Å². The second-order valence-electron chi connectivity index (χ2n) is 5.19. The molecular weight excluding hydrogens is 288 g/mol. The zero-order valence-electron chi connectivity index (χ0n) is 11.2. The van der Waals surface area contributed by atoms with E-state index in [-0.39, 0.29) is 23.7 Å². The zero-order chi connectivity index (χ0) is 15.0. The Bertz CT molecular complexity index is 794. The number of aromatic hydroxyl groups is 1. The molecule has 1 aliphatic carbocycles. The number of sulfone groups is 1. The highest BCUT2D eigenvalue weighted by atomic mass is 32.2. The molecule has 1 atom stereocenters. The molecule has 0 saturated carbocycles. The van der Waals surface area contributed by atoms with Crippen LogP contribution in [0.25, 0.3) is 0 Å². The number of carbonyl (C=O) groups is 1. The summed E-state index contributed by atoms with van der Waals surface area (Å²) in [4.78, 5) is 12.3. The Kier molecular flexibility index (Phi) is 3.29. The Morgan fingerprint density at radius 2 is 1.81 bits per heavy atom. The van der Waals surface area contributed by atoms with E-state index in [4.69, 9.17) is 0 Å². The molecule has 0 spiro atoms. The molecule has 0 amide bonds. The van der Waals surface area contributed by atoms with Crippen molar-refractivity contribution in [3.05, 3.63) is 65.2 Å². The topological polar surface area (TPSA) is 71.4 Å². The van der Waals surface area contributed by atoms with Crippen molar-refractivity contribution in [2.75, 3.05) is 0 Å². The molecule has 0 aliphatic heterocycles. The summed E-state index contributed by atoms with van der Waals surface area (Å²) in [5, 5.41) is 8.40. The fourth-order valence-corrected chi connectivity index (χ4v) is 4.40. The number of Topliss-reactive ketones (excluding diaryl/α,β-unsaturated/α-hetero) is 1. The SMILES string of the molecule is O=C1c2ccc(O)cc2CC1S(=O)(=O)Cc1ccccc1. The third kappa shape index (κ3) is 2.56. The molecular formula is C16H14O4S. The molecule has 0 heterocycles. The van der Waals surface area contributed by atoms with Crippen LogP contribution in [0.5, 0.6) is 5.75 Å².